The molecule has 0 N–H and O–H groups in total. The molecule has 1 aromatic heterocycles. The summed E-state index contributed by atoms with van der Waals surface area (Å²) in [6.45, 7) is 7.60. The Morgan fingerprint density at radius 2 is 2.08 bits per heavy atom. The van der Waals surface area contributed by atoms with E-state index in [1.165, 1.54) is 7.11 Å². The molecule has 0 radical (unpaired) electrons. The minimum absolute atomic E-state index is 0.210. The van der Waals surface area contributed by atoms with Crippen LogP contribution in [0, 0.1) is 24.2 Å². The highest BCUT2D eigenvalue weighted by Gasteiger charge is 2.58. The number of furan rings is 1. The minimum atomic E-state index is -0.512. The molecule has 1 aromatic rings. The van der Waals surface area contributed by atoms with Gasteiger partial charge >= 0.3 is 11.9 Å². The van der Waals surface area contributed by atoms with Crippen molar-refractivity contribution < 1.29 is 23.5 Å². The number of rotatable bonds is 3. The van der Waals surface area contributed by atoms with E-state index in [9.17, 15) is 9.59 Å². The Balaban J connectivity index is 2.11. The monoisotopic (exact) mass is 360 g/mol. The van der Waals surface area contributed by atoms with E-state index in [4.69, 9.17) is 13.9 Å². The molecule has 1 heterocycles. The van der Waals surface area contributed by atoms with E-state index in [1.807, 2.05) is 13.8 Å². The third kappa shape index (κ3) is 2.78. The average Bonchev–Trinajstić information content (AvgIpc) is 3.00. The Hall–Kier alpha value is -2.04. The third-order valence-corrected chi connectivity index (χ3v) is 6.50. The first-order valence-corrected chi connectivity index (χ1v) is 9.33. The molecule has 2 aliphatic carbocycles. The van der Waals surface area contributed by atoms with Gasteiger partial charge in [0.05, 0.1) is 19.3 Å². The first kappa shape index (κ1) is 18.7. The first-order valence-electron chi connectivity index (χ1n) is 9.33. The molecule has 5 nitrogen and oxygen atoms in total. The van der Waals surface area contributed by atoms with Crippen LogP contribution in [0.15, 0.2) is 22.3 Å². The van der Waals surface area contributed by atoms with Crippen molar-refractivity contribution in [3.05, 3.63) is 34.8 Å². The number of aryl methyl sites for hydroxylation is 1. The summed E-state index contributed by atoms with van der Waals surface area (Å²) in [6, 6.07) is 0. The van der Waals surface area contributed by atoms with E-state index >= 15 is 0 Å². The number of methoxy groups -OCH3 is 1. The normalized spacial score (nSPS) is 31.0. The number of allylic oxidation sites excluding steroid dienone is 1. The molecule has 1 fully saturated rings. The summed E-state index contributed by atoms with van der Waals surface area (Å²) < 4.78 is 16.9. The lowest BCUT2D eigenvalue weighted by atomic mass is 9.53. The van der Waals surface area contributed by atoms with Crippen LogP contribution >= 0.6 is 0 Å². The molecule has 5 heteroatoms. The van der Waals surface area contributed by atoms with E-state index in [1.54, 1.807) is 19.3 Å². The molecule has 1 saturated carbocycles. The van der Waals surface area contributed by atoms with Gasteiger partial charge in [0.2, 0.25) is 0 Å². The van der Waals surface area contributed by atoms with Crippen LogP contribution in [-0.2, 0) is 25.5 Å². The number of hydrogen-bond donors (Lipinski definition) is 0. The number of carbonyl (C=O) groups excluding carboxylic acids is 2. The van der Waals surface area contributed by atoms with Gasteiger partial charge in [0.1, 0.15) is 11.9 Å². The largest absolute Gasteiger partial charge is 0.469 e. The standard InChI is InChI=1S/C21H28O5/c1-6-12(2)19(22)26-18-17-13(3)11-25-16(17)10-14-8-7-9-15(20(23)24-5)21(14,18)4/h6,11,14-15,18H,7-10H2,1-5H3. The van der Waals surface area contributed by atoms with Gasteiger partial charge in [-0.1, -0.05) is 19.4 Å². The van der Waals surface area contributed by atoms with Crippen molar-refractivity contribution in [3.63, 3.8) is 0 Å². The molecule has 4 atom stereocenters. The molecule has 0 saturated heterocycles. The second-order valence-electron chi connectivity index (χ2n) is 7.79. The van der Waals surface area contributed by atoms with Crippen LogP contribution in [0.2, 0.25) is 0 Å². The van der Waals surface area contributed by atoms with Crippen molar-refractivity contribution >= 4 is 11.9 Å². The summed E-state index contributed by atoms with van der Waals surface area (Å²) in [5.41, 5.74) is 1.95. The summed E-state index contributed by atoms with van der Waals surface area (Å²) in [5, 5.41) is 0. The van der Waals surface area contributed by atoms with Gasteiger partial charge in [0.15, 0.2) is 0 Å². The number of hydrogen-bond acceptors (Lipinski definition) is 5. The Morgan fingerprint density at radius 3 is 2.73 bits per heavy atom. The number of fused-ring (bicyclic) bond motifs is 2. The van der Waals surface area contributed by atoms with Gasteiger partial charge in [-0.3, -0.25) is 4.79 Å². The highest BCUT2D eigenvalue weighted by atomic mass is 16.5. The lowest BCUT2D eigenvalue weighted by molar-refractivity contribution is -0.179. The fourth-order valence-electron chi connectivity index (χ4n) is 4.76. The van der Waals surface area contributed by atoms with Gasteiger partial charge in [-0.25, -0.2) is 4.79 Å². The molecular weight excluding hydrogens is 332 g/mol. The van der Waals surface area contributed by atoms with Crippen molar-refractivity contribution in [1.29, 1.82) is 0 Å². The molecule has 0 spiro atoms. The molecule has 2 aliphatic rings. The van der Waals surface area contributed by atoms with E-state index < -0.39 is 11.5 Å². The topological polar surface area (TPSA) is 65.7 Å². The van der Waals surface area contributed by atoms with Gasteiger partial charge in [-0.2, -0.15) is 0 Å². The van der Waals surface area contributed by atoms with Crippen molar-refractivity contribution in [2.24, 2.45) is 17.3 Å². The maximum absolute atomic E-state index is 12.6. The second-order valence-corrected chi connectivity index (χ2v) is 7.79. The van der Waals surface area contributed by atoms with Crippen molar-refractivity contribution in [3.8, 4) is 0 Å². The van der Waals surface area contributed by atoms with Crippen LogP contribution in [0.1, 0.15) is 63.0 Å². The quantitative estimate of drug-likeness (QED) is 0.594. The van der Waals surface area contributed by atoms with E-state index in [0.29, 0.717) is 5.57 Å². The fraction of sp³-hybridized carbons (Fsp3) is 0.619. The van der Waals surface area contributed by atoms with Gasteiger partial charge in [-0.05, 0) is 45.1 Å². The predicted molar refractivity (Wildman–Crippen MR) is 96.4 cm³/mol. The van der Waals surface area contributed by atoms with Crippen LogP contribution in [-0.4, -0.2) is 19.0 Å². The van der Waals surface area contributed by atoms with Crippen LogP contribution < -0.4 is 0 Å². The lowest BCUT2D eigenvalue weighted by Gasteiger charge is -2.52. The summed E-state index contributed by atoms with van der Waals surface area (Å²) in [6.07, 6.45) is 6.42. The summed E-state index contributed by atoms with van der Waals surface area (Å²) >= 11 is 0. The molecule has 0 amide bonds. The molecular formula is C21H28O5. The van der Waals surface area contributed by atoms with Crippen molar-refractivity contribution in [1.82, 2.24) is 0 Å². The lowest BCUT2D eigenvalue weighted by Crippen LogP contribution is -2.51. The van der Waals surface area contributed by atoms with Crippen LogP contribution in [0.4, 0.5) is 0 Å². The average molecular weight is 360 g/mol. The third-order valence-electron chi connectivity index (χ3n) is 6.50. The predicted octanol–water partition coefficient (Wildman–Crippen LogP) is 4.29. The molecule has 0 bridgehead atoms. The molecule has 4 unspecified atom stereocenters. The molecule has 0 aromatic carbocycles. The van der Waals surface area contributed by atoms with Crippen molar-refractivity contribution in [2.75, 3.05) is 7.11 Å². The Bertz CT molecular complexity index is 744. The van der Waals surface area contributed by atoms with E-state index in [-0.39, 0.29) is 23.8 Å². The van der Waals surface area contributed by atoms with Gasteiger partial charge in [-0.15, -0.1) is 0 Å². The van der Waals surface area contributed by atoms with Crippen molar-refractivity contribution in [2.45, 2.75) is 59.5 Å². The summed E-state index contributed by atoms with van der Waals surface area (Å²) in [4.78, 5) is 25.2. The van der Waals surface area contributed by atoms with Gasteiger partial charge < -0.3 is 13.9 Å². The van der Waals surface area contributed by atoms with E-state index in [0.717, 1.165) is 42.6 Å². The first-order chi connectivity index (χ1) is 12.3. The summed E-state index contributed by atoms with van der Waals surface area (Å²) in [7, 11) is 1.43. The zero-order valence-corrected chi connectivity index (χ0v) is 16.3. The number of esters is 2. The second kappa shape index (κ2) is 6.93. The molecule has 26 heavy (non-hydrogen) atoms. The van der Waals surface area contributed by atoms with Crippen LogP contribution in [0.25, 0.3) is 0 Å². The maximum Gasteiger partial charge on any atom is 0.334 e. The Labute approximate surface area is 154 Å². The maximum atomic E-state index is 12.6. The Kier molecular flexibility index (Phi) is 5.00. The molecule has 142 valence electrons. The summed E-state index contributed by atoms with van der Waals surface area (Å²) in [5.74, 6) is 0.233. The highest BCUT2D eigenvalue weighted by Crippen LogP contribution is 2.59. The fourth-order valence-corrected chi connectivity index (χ4v) is 4.76. The Morgan fingerprint density at radius 1 is 1.35 bits per heavy atom. The molecule has 3 rings (SSSR count). The number of ether oxygens (including phenoxy) is 2. The highest BCUT2D eigenvalue weighted by molar-refractivity contribution is 5.88. The van der Waals surface area contributed by atoms with Gasteiger partial charge in [0, 0.05) is 23.0 Å². The number of carbonyl (C=O) groups is 2. The molecule has 0 aliphatic heterocycles. The zero-order valence-electron chi connectivity index (χ0n) is 16.3. The van der Waals surface area contributed by atoms with Crippen LogP contribution in [0.3, 0.4) is 0 Å². The van der Waals surface area contributed by atoms with E-state index in [2.05, 4.69) is 6.92 Å². The van der Waals surface area contributed by atoms with Gasteiger partial charge in [0.25, 0.3) is 0 Å². The minimum Gasteiger partial charge on any atom is -0.469 e. The SMILES string of the molecule is CC=C(C)C(=O)OC1c2c(C)coc2CC2CCCC(C(=O)OC)C21C. The zero-order chi connectivity index (χ0) is 19.1. The van der Waals surface area contributed by atoms with Crippen LogP contribution in [0.5, 0.6) is 0 Å². The smallest absolute Gasteiger partial charge is 0.334 e.